The molecule has 26 heavy (non-hydrogen) atoms. The zero-order valence-electron chi connectivity index (χ0n) is 14.8. The van der Waals surface area contributed by atoms with Gasteiger partial charge in [-0.1, -0.05) is 13.0 Å². The summed E-state index contributed by atoms with van der Waals surface area (Å²) >= 11 is 1.76. The van der Waals surface area contributed by atoms with Crippen LogP contribution in [0.5, 0.6) is 0 Å². The average molecular weight is 365 g/mol. The molecule has 4 heterocycles. The second kappa shape index (κ2) is 5.74. The number of hydrogen-bond acceptors (Lipinski definition) is 5. The minimum atomic E-state index is -0.151. The zero-order valence-corrected chi connectivity index (χ0v) is 15.6. The summed E-state index contributed by atoms with van der Waals surface area (Å²) in [6, 6.07) is 5.70. The predicted molar refractivity (Wildman–Crippen MR) is 102 cm³/mol. The topological polar surface area (TPSA) is 65.1 Å². The fraction of sp³-hybridized carbons (Fsp3) is 0.368. The molecular formula is C19H19N5OS. The summed E-state index contributed by atoms with van der Waals surface area (Å²) in [5, 5.41) is 5.76. The van der Waals surface area contributed by atoms with Crippen LogP contribution in [0.1, 0.15) is 35.3 Å². The molecule has 0 unspecified atom stereocenters. The van der Waals surface area contributed by atoms with Crippen molar-refractivity contribution in [3.05, 3.63) is 56.8 Å². The van der Waals surface area contributed by atoms with Crippen molar-refractivity contribution in [3.8, 4) is 0 Å². The van der Waals surface area contributed by atoms with Gasteiger partial charge in [0.15, 0.2) is 5.65 Å². The molecule has 4 aromatic rings. The first-order valence-corrected chi connectivity index (χ1v) is 9.74. The predicted octanol–water partition coefficient (Wildman–Crippen LogP) is 2.98. The number of thiophene rings is 1. The highest BCUT2D eigenvalue weighted by atomic mass is 32.1. The van der Waals surface area contributed by atoms with Gasteiger partial charge in [0.2, 0.25) is 0 Å². The Labute approximate surface area is 154 Å². The first kappa shape index (κ1) is 15.7. The van der Waals surface area contributed by atoms with Crippen LogP contribution in [0.4, 0.5) is 0 Å². The lowest BCUT2D eigenvalue weighted by Gasteiger charge is -2.17. The van der Waals surface area contributed by atoms with E-state index in [0.29, 0.717) is 18.3 Å². The SMILES string of the molecule is Cc1nc2sc3c(c2c2nn(Cc4ccccn4)c(=O)n12)CC[C@@H](C)C3. The van der Waals surface area contributed by atoms with Crippen molar-refractivity contribution in [2.45, 2.75) is 39.7 Å². The molecule has 0 fully saturated rings. The third-order valence-electron chi connectivity index (χ3n) is 5.18. The number of aromatic nitrogens is 5. The van der Waals surface area contributed by atoms with Crippen molar-refractivity contribution >= 4 is 27.2 Å². The Bertz CT molecular complexity index is 1190. The summed E-state index contributed by atoms with van der Waals surface area (Å²) in [6.07, 6.45) is 5.05. The van der Waals surface area contributed by atoms with Gasteiger partial charge in [0.25, 0.3) is 0 Å². The Morgan fingerprint density at radius 3 is 3.04 bits per heavy atom. The molecule has 0 spiro atoms. The third-order valence-corrected chi connectivity index (χ3v) is 6.33. The van der Waals surface area contributed by atoms with Crippen LogP contribution < -0.4 is 5.69 Å². The summed E-state index contributed by atoms with van der Waals surface area (Å²) in [7, 11) is 0. The Hall–Kier alpha value is -2.54. The van der Waals surface area contributed by atoms with Crippen LogP contribution in [0.3, 0.4) is 0 Å². The van der Waals surface area contributed by atoms with Crippen molar-refractivity contribution in [3.63, 3.8) is 0 Å². The van der Waals surface area contributed by atoms with Gasteiger partial charge in [-0.25, -0.2) is 18.9 Å². The fourth-order valence-electron chi connectivity index (χ4n) is 3.85. The maximum Gasteiger partial charge on any atom is 0.352 e. The quantitative estimate of drug-likeness (QED) is 0.548. The van der Waals surface area contributed by atoms with Gasteiger partial charge in [0.1, 0.15) is 10.7 Å². The maximum atomic E-state index is 12.9. The molecule has 0 aliphatic heterocycles. The normalized spacial score (nSPS) is 17.1. The molecule has 132 valence electrons. The number of aryl methyl sites for hydroxylation is 2. The van der Waals surface area contributed by atoms with E-state index < -0.39 is 0 Å². The van der Waals surface area contributed by atoms with Gasteiger partial charge in [-0.3, -0.25) is 4.98 Å². The maximum absolute atomic E-state index is 12.9. The standard InChI is InChI=1S/C19H19N5OS/c1-11-6-7-14-15(9-11)26-18-16(14)17-22-23(10-13-5-3-4-8-20-13)19(25)24(17)12(2)21-18/h3-5,8,11H,6-7,9-10H2,1-2H3/t11-/m1/s1. The summed E-state index contributed by atoms with van der Waals surface area (Å²) < 4.78 is 3.15. The molecule has 0 radical (unpaired) electrons. The number of nitrogens with zero attached hydrogens (tertiary/aromatic N) is 5. The molecule has 1 aliphatic carbocycles. The number of hydrogen-bond donors (Lipinski definition) is 0. The Morgan fingerprint density at radius 2 is 2.23 bits per heavy atom. The second-order valence-electron chi connectivity index (χ2n) is 7.11. The molecule has 0 aromatic carbocycles. The Balaban J connectivity index is 1.76. The Morgan fingerprint density at radius 1 is 1.35 bits per heavy atom. The zero-order chi connectivity index (χ0) is 17.8. The van der Waals surface area contributed by atoms with Crippen LogP contribution in [-0.4, -0.2) is 24.1 Å². The van der Waals surface area contributed by atoms with Gasteiger partial charge in [0, 0.05) is 11.1 Å². The highest BCUT2D eigenvalue weighted by Crippen LogP contribution is 2.38. The van der Waals surface area contributed by atoms with Gasteiger partial charge in [0.05, 0.1) is 17.6 Å². The lowest BCUT2D eigenvalue weighted by molar-refractivity contribution is 0.509. The molecule has 1 aliphatic rings. The molecule has 4 aromatic heterocycles. The van der Waals surface area contributed by atoms with Crippen LogP contribution in [0.15, 0.2) is 29.2 Å². The van der Waals surface area contributed by atoms with Crippen molar-refractivity contribution in [2.24, 2.45) is 5.92 Å². The van der Waals surface area contributed by atoms with Gasteiger partial charge in [-0.2, -0.15) is 0 Å². The van der Waals surface area contributed by atoms with E-state index in [-0.39, 0.29) is 5.69 Å². The van der Waals surface area contributed by atoms with E-state index in [1.165, 1.54) is 21.5 Å². The highest BCUT2D eigenvalue weighted by molar-refractivity contribution is 7.19. The van der Waals surface area contributed by atoms with E-state index >= 15 is 0 Å². The summed E-state index contributed by atoms with van der Waals surface area (Å²) in [5.41, 5.74) is 2.75. The van der Waals surface area contributed by atoms with E-state index in [2.05, 4.69) is 17.0 Å². The largest absolute Gasteiger partial charge is 0.352 e. The molecule has 0 saturated heterocycles. The average Bonchev–Trinajstić information content (AvgIpc) is 3.13. The molecule has 7 heteroatoms. The number of pyridine rings is 1. The first-order chi connectivity index (χ1) is 12.6. The van der Waals surface area contributed by atoms with Crippen LogP contribution in [0.2, 0.25) is 0 Å². The summed E-state index contributed by atoms with van der Waals surface area (Å²) in [5.74, 6) is 1.40. The van der Waals surface area contributed by atoms with Gasteiger partial charge < -0.3 is 0 Å². The molecule has 0 saturated carbocycles. The number of rotatable bonds is 2. The van der Waals surface area contributed by atoms with E-state index in [1.54, 1.807) is 21.9 Å². The minimum Gasteiger partial charge on any atom is -0.259 e. The highest BCUT2D eigenvalue weighted by Gasteiger charge is 2.25. The van der Waals surface area contributed by atoms with E-state index in [0.717, 1.165) is 34.4 Å². The van der Waals surface area contributed by atoms with Crippen LogP contribution in [0, 0.1) is 12.8 Å². The second-order valence-corrected chi connectivity index (χ2v) is 8.19. The smallest absolute Gasteiger partial charge is 0.259 e. The lowest BCUT2D eigenvalue weighted by atomic mass is 9.89. The molecule has 0 amide bonds. The number of fused-ring (bicyclic) bond motifs is 5. The summed E-state index contributed by atoms with van der Waals surface area (Å²) in [6.45, 7) is 4.54. The monoisotopic (exact) mass is 365 g/mol. The molecular weight excluding hydrogens is 346 g/mol. The van der Waals surface area contributed by atoms with Crippen LogP contribution >= 0.6 is 11.3 Å². The van der Waals surface area contributed by atoms with Crippen molar-refractivity contribution in [2.75, 3.05) is 0 Å². The van der Waals surface area contributed by atoms with Crippen molar-refractivity contribution in [1.29, 1.82) is 0 Å². The van der Waals surface area contributed by atoms with Gasteiger partial charge in [-0.15, -0.1) is 16.4 Å². The van der Waals surface area contributed by atoms with E-state index in [4.69, 9.17) is 4.98 Å². The molecule has 0 N–H and O–H groups in total. The van der Waals surface area contributed by atoms with Crippen LogP contribution in [-0.2, 0) is 19.4 Å². The van der Waals surface area contributed by atoms with Gasteiger partial charge >= 0.3 is 5.69 Å². The molecule has 0 bridgehead atoms. The molecule has 1 atom stereocenters. The first-order valence-electron chi connectivity index (χ1n) is 8.92. The lowest BCUT2D eigenvalue weighted by Crippen LogP contribution is -2.23. The third kappa shape index (κ3) is 2.30. The van der Waals surface area contributed by atoms with Gasteiger partial charge in [-0.05, 0) is 49.8 Å². The van der Waals surface area contributed by atoms with E-state index in [9.17, 15) is 4.79 Å². The fourth-order valence-corrected chi connectivity index (χ4v) is 5.27. The summed E-state index contributed by atoms with van der Waals surface area (Å²) in [4.78, 5) is 24.4. The van der Waals surface area contributed by atoms with Crippen LogP contribution in [0.25, 0.3) is 15.9 Å². The van der Waals surface area contributed by atoms with Crippen molar-refractivity contribution in [1.82, 2.24) is 24.1 Å². The molecule has 5 rings (SSSR count). The van der Waals surface area contributed by atoms with E-state index in [1.807, 2.05) is 25.1 Å². The molecule has 6 nitrogen and oxygen atoms in total. The van der Waals surface area contributed by atoms with Crippen molar-refractivity contribution < 1.29 is 0 Å². The minimum absolute atomic E-state index is 0.151. The Kier molecular flexibility index (Phi) is 3.46.